The van der Waals surface area contributed by atoms with Gasteiger partial charge in [-0.1, -0.05) is 233 Å². The number of thioether (sulfide) groups is 2. The third-order valence-electron chi connectivity index (χ3n) is 19.8. The van der Waals surface area contributed by atoms with Gasteiger partial charge in [-0.2, -0.15) is 47.8 Å². The van der Waals surface area contributed by atoms with E-state index in [1.807, 2.05) is 11.8 Å². The SMILES string of the molecule is CCCCCCCCCCCCSCC(COP(=O)(O)N1CCOCC1)OCCCCCCCCCC.CCCCCCCCCCCCSCC(COP(=O)(O)OP(=O)(O)OC[C@H]1O[C@@H](n2cnc3c(N)nc(Cl)nc32)[C@H](F)C1O)OCCCCCCCCCC.Nc1nc(Cl)nc2c1ncn2[C@@H]1O[C@H](COP(=O)(O)O)C(O)[C@H]1F. The summed E-state index contributed by atoms with van der Waals surface area (Å²) in [6, 6.07) is 0. The Morgan fingerprint density at radius 3 is 1.20 bits per heavy atom. The molecule has 3 aliphatic rings. The van der Waals surface area contributed by atoms with Crippen LogP contribution < -0.4 is 11.5 Å². The predicted octanol–water partition coefficient (Wildman–Crippen LogP) is 17.5. The molecule has 0 aliphatic carbocycles. The average Bonchev–Trinajstić information content (AvgIpc) is 1.62. The van der Waals surface area contributed by atoms with Crippen molar-refractivity contribution in [2.24, 2.45) is 0 Å². The van der Waals surface area contributed by atoms with Crippen LogP contribution in [0.3, 0.4) is 0 Å². The van der Waals surface area contributed by atoms with Crippen LogP contribution in [-0.2, 0) is 64.4 Å². The van der Waals surface area contributed by atoms with Gasteiger partial charge >= 0.3 is 31.2 Å². The topological polar surface area (TPSA) is 445 Å². The van der Waals surface area contributed by atoms with E-state index in [2.05, 4.69) is 66.4 Å². The van der Waals surface area contributed by atoms with Gasteiger partial charge in [-0.05, 0) is 60.4 Å². The van der Waals surface area contributed by atoms with Crippen LogP contribution in [0.2, 0.25) is 10.6 Å². The molecular formula is C74H135Cl2F2N11O21P4S2. The number of rotatable bonds is 63. The van der Waals surface area contributed by atoms with E-state index < -0.39 is 99.7 Å². The number of hydrogen-bond donors (Lipinski definition) is 9. The molecule has 11 N–H and O–H groups in total. The Labute approximate surface area is 703 Å². The van der Waals surface area contributed by atoms with Gasteiger partial charge in [0.1, 0.15) is 35.4 Å². The van der Waals surface area contributed by atoms with Crippen molar-refractivity contribution in [3.63, 3.8) is 0 Å². The van der Waals surface area contributed by atoms with Gasteiger partial charge in [0.2, 0.25) is 10.6 Å². The van der Waals surface area contributed by atoms with E-state index in [0.717, 1.165) is 64.9 Å². The summed E-state index contributed by atoms with van der Waals surface area (Å²) in [5, 5.41) is 19.9. The second kappa shape index (κ2) is 59.0. The standard InChI is InChI=1S/C35H63ClFN5O10P2S.C29H60NO5PS.C10H12ClFN5O6P/c1-3-5-7-9-11-13-14-16-18-20-22-55-25-27(48-21-19-17-15-12-10-8-6-4-2)23-49-53(44,45)52-54(46,47)50-24-28-31(43)29(37)34(51-28)42-26-39-30-32(38)40-35(36)41-33(30)42;1-3-5-7-9-11-13-14-16-18-20-26-37-28-29(34-23-19-17-15-12-10-8-6-4-2)27-35-36(31,32)30-21-24-33-25-22-30;11-10-15-7(13)5-8(16-10)17(2-14-5)9-4(12)6(18)3(23-9)1-22-24(19,20)21/h26-29,31,34,43H,3-25H2,1-2H3,(H,44,45)(H,46,47)(H2,38,40,41);29H,3-28H2,1-2H3,(H,31,32);2-4,6,9,18H,1H2,(H2,13,15,16)(H2,19,20,21)/t27?,28-,29-,31?,34-;;3-,4-,6?,9-/m1.1/s1. The largest absolute Gasteiger partial charge is 0.481 e. The van der Waals surface area contributed by atoms with Gasteiger partial charge in [0, 0.05) is 37.8 Å². The van der Waals surface area contributed by atoms with Crippen molar-refractivity contribution in [2.75, 3.05) is 100 Å². The highest BCUT2D eigenvalue weighted by Gasteiger charge is 2.49. The molecule has 0 radical (unpaired) electrons. The van der Waals surface area contributed by atoms with Crippen LogP contribution in [0.5, 0.6) is 0 Å². The van der Waals surface area contributed by atoms with E-state index in [4.69, 9.17) is 81.7 Å². The lowest BCUT2D eigenvalue weighted by Crippen LogP contribution is -2.35. The fraction of sp³-hybridized carbons (Fsp3) is 0.865. The van der Waals surface area contributed by atoms with Crippen molar-refractivity contribution >= 4 is 112 Å². The Kier molecular flexibility index (Phi) is 53.2. The maximum absolute atomic E-state index is 15.2. The van der Waals surface area contributed by atoms with Crippen LogP contribution in [-0.4, -0.2) is 216 Å². The smallest absolute Gasteiger partial charge is 0.387 e. The Balaban J connectivity index is 0.000000337. The molecule has 0 spiro atoms. The van der Waals surface area contributed by atoms with E-state index in [0.29, 0.717) is 45.3 Å². The number of imidazole rings is 2. The van der Waals surface area contributed by atoms with Crippen LogP contribution >= 0.6 is 77.9 Å². The molecule has 7 unspecified atom stereocenters. The molecule has 4 aromatic rings. The maximum Gasteiger partial charge on any atom is 0.481 e. The van der Waals surface area contributed by atoms with Gasteiger partial charge in [0.25, 0.3) is 0 Å². The average molecular weight is 1810 g/mol. The molecule has 4 aromatic heterocycles. The number of unbranched alkanes of at least 4 members (excludes halogenated alkanes) is 32. The summed E-state index contributed by atoms with van der Waals surface area (Å²) in [5.74, 6) is 3.27. The lowest BCUT2D eigenvalue weighted by molar-refractivity contribution is -0.0453. The highest BCUT2D eigenvalue weighted by atomic mass is 35.5. The van der Waals surface area contributed by atoms with Crippen LogP contribution in [0.4, 0.5) is 20.4 Å². The van der Waals surface area contributed by atoms with Crippen molar-refractivity contribution in [2.45, 2.75) is 320 Å². The molecule has 672 valence electrons. The molecule has 3 aliphatic heterocycles. The molecule has 7 rings (SSSR count). The van der Waals surface area contributed by atoms with Gasteiger partial charge in [-0.15, -0.1) is 0 Å². The fourth-order valence-corrected chi connectivity index (χ4v) is 19.2. The van der Waals surface area contributed by atoms with E-state index in [1.54, 1.807) is 11.8 Å². The van der Waals surface area contributed by atoms with Gasteiger partial charge in [0.05, 0.1) is 64.5 Å². The number of morpholine rings is 1. The van der Waals surface area contributed by atoms with Crippen molar-refractivity contribution < 1.29 is 108 Å². The van der Waals surface area contributed by atoms with Gasteiger partial charge in [-0.3, -0.25) is 27.2 Å². The lowest BCUT2D eigenvalue weighted by Gasteiger charge is -2.30. The number of alkyl halides is 2. The molecule has 0 amide bonds. The summed E-state index contributed by atoms with van der Waals surface area (Å²) in [6.45, 7) is 10.1. The molecule has 42 heteroatoms. The zero-order chi connectivity index (χ0) is 84.6. The fourth-order valence-electron chi connectivity index (χ4n) is 13.2. The first-order valence-corrected chi connectivity index (χ1v) is 51.1. The Morgan fingerprint density at radius 2 is 0.828 bits per heavy atom. The van der Waals surface area contributed by atoms with Crippen LogP contribution in [0.25, 0.3) is 22.3 Å². The normalized spacial score (nSPS) is 21.5. The molecule has 3 fully saturated rings. The van der Waals surface area contributed by atoms with E-state index in [1.165, 1.54) is 210 Å². The van der Waals surface area contributed by atoms with Gasteiger partial charge in [0.15, 0.2) is 47.7 Å². The number of phosphoric acid groups is 3. The van der Waals surface area contributed by atoms with Crippen molar-refractivity contribution in [3.05, 3.63) is 23.2 Å². The molecule has 13 atom stereocenters. The number of hydrogen-bond acceptors (Lipinski definition) is 26. The number of nitrogens with zero attached hydrogens (tertiary/aromatic N) is 9. The zero-order valence-electron chi connectivity index (χ0n) is 68.4. The van der Waals surface area contributed by atoms with Gasteiger partial charge < -0.3 is 69.8 Å². The van der Waals surface area contributed by atoms with Crippen LogP contribution in [0.15, 0.2) is 12.7 Å². The number of ether oxygens (including phenoxy) is 5. The Hall–Kier alpha value is -1.96. The number of fused-ring (bicyclic) bond motifs is 2. The highest BCUT2D eigenvalue weighted by molar-refractivity contribution is 7.99. The molecule has 0 aromatic carbocycles. The van der Waals surface area contributed by atoms with E-state index >= 15 is 4.39 Å². The molecular weight excluding hydrogens is 1680 g/mol. The highest BCUT2D eigenvalue weighted by Crippen LogP contribution is 2.61. The third-order valence-corrected chi connectivity index (χ3v) is 27.2. The summed E-state index contributed by atoms with van der Waals surface area (Å²) < 4.78 is 135. The summed E-state index contributed by atoms with van der Waals surface area (Å²) in [7, 11) is -19.0. The molecule has 32 nitrogen and oxygen atoms in total. The molecule has 116 heavy (non-hydrogen) atoms. The van der Waals surface area contributed by atoms with E-state index in [9.17, 15) is 47.5 Å². The lowest BCUT2D eigenvalue weighted by atomic mass is 10.1. The predicted molar refractivity (Wildman–Crippen MR) is 451 cm³/mol. The Morgan fingerprint density at radius 1 is 0.491 bits per heavy atom. The maximum atomic E-state index is 15.2. The minimum atomic E-state index is -5.27. The minimum Gasteiger partial charge on any atom is -0.387 e. The van der Waals surface area contributed by atoms with Crippen molar-refractivity contribution in [1.82, 2.24) is 43.7 Å². The number of nitrogens with two attached hydrogens (primary N) is 2. The quantitative estimate of drug-likeness (QED) is 0.0113. The number of aliphatic hydroxyl groups excluding tert-OH is 2. The first-order chi connectivity index (χ1) is 55.6. The van der Waals surface area contributed by atoms with E-state index in [-0.39, 0.29) is 63.8 Å². The molecule has 0 bridgehead atoms. The number of aromatic nitrogens is 8. The molecule has 3 saturated heterocycles. The van der Waals surface area contributed by atoms with Crippen molar-refractivity contribution in [3.8, 4) is 0 Å². The first-order valence-electron chi connectivity index (χ1n) is 42.0. The Bertz CT molecular complexity index is 3490. The number of aliphatic hydroxyl groups is 2. The number of halogens is 4. The molecule has 7 heterocycles. The minimum absolute atomic E-state index is 0.0147. The first kappa shape index (κ1) is 105. The summed E-state index contributed by atoms with van der Waals surface area (Å²) in [6.07, 6.45) is 33.7. The summed E-state index contributed by atoms with van der Waals surface area (Å²) in [5.41, 5.74) is 11.9. The number of phosphoric ester groups is 3. The second-order valence-corrected chi connectivity index (χ2v) is 38.7. The number of nitrogen functional groups attached to an aromatic ring is 2. The third kappa shape index (κ3) is 41.7. The van der Waals surface area contributed by atoms with Crippen molar-refractivity contribution in [1.29, 1.82) is 0 Å². The second-order valence-electron chi connectivity index (χ2n) is 29.6. The van der Waals surface area contributed by atoms with Crippen LogP contribution in [0.1, 0.15) is 271 Å². The summed E-state index contributed by atoms with van der Waals surface area (Å²) in [4.78, 5) is 71.8. The van der Waals surface area contributed by atoms with Gasteiger partial charge in [-0.25, -0.2) is 41.7 Å². The van der Waals surface area contributed by atoms with Crippen LogP contribution in [0, 0.1) is 0 Å². The monoisotopic (exact) mass is 1810 g/mol. The molecule has 0 saturated carbocycles. The zero-order valence-corrected chi connectivity index (χ0v) is 75.1. The number of anilines is 2. The summed E-state index contributed by atoms with van der Waals surface area (Å²) >= 11 is 15.2.